The second-order valence-corrected chi connectivity index (χ2v) is 3.63. The highest BCUT2D eigenvalue weighted by atomic mass is 16.5. The highest BCUT2D eigenvalue weighted by Crippen LogP contribution is 2.22. The lowest BCUT2D eigenvalue weighted by Gasteiger charge is -2.06. The Hall–Kier alpha value is -2.30. The molecule has 0 N–H and O–H groups in total. The highest BCUT2D eigenvalue weighted by molar-refractivity contribution is 5.90. The van der Waals surface area contributed by atoms with Crippen LogP contribution >= 0.6 is 0 Å². The van der Waals surface area contributed by atoms with Gasteiger partial charge in [0.15, 0.2) is 0 Å². The molecule has 0 saturated heterocycles. The van der Waals surface area contributed by atoms with E-state index in [4.69, 9.17) is 4.74 Å². The molecule has 0 bridgehead atoms. The van der Waals surface area contributed by atoms with Crippen LogP contribution in [0, 0.1) is 0 Å². The fourth-order valence-corrected chi connectivity index (χ4v) is 1.47. The Labute approximate surface area is 111 Å². The molecule has 5 nitrogen and oxygen atoms in total. The van der Waals surface area contributed by atoms with E-state index < -0.39 is 5.97 Å². The van der Waals surface area contributed by atoms with E-state index in [9.17, 15) is 9.59 Å². The third-order valence-corrected chi connectivity index (χ3v) is 2.46. The molecule has 0 amide bonds. The van der Waals surface area contributed by atoms with E-state index in [-0.39, 0.29) is 12.4 Å². The lowest BCUT2D eigenvalue weighted by molar-refractivity contribution is -0.139. The van der Waals surface area contributed by atoms with Gasteiger partial charge in [-0.3, -0.25) is 4.79 Å². The molecule has 0 atom stereocenters. The quantitative estimate of drug-likeness (QED) is 0.762. The molecule has 0 aliphatic heterocycles. The predicted molar refractivity (Wildman–Crippen MR) is 70.0 cm³/mol. The van der Waals surface area contributed by atoms with Crippen LogP contribution in [0.2, 0.25) is 0 Å². The van der Waals surface area contributed by atoms with E-state index in [1.807, 2.05) is 0 Å². The van der Waals surface area contributed by atoms with Crippen molar-refractivity contribution < 1.29 is 23.8 Å². The van der Waals surface area contributed by atoms with Crippen LogP contribution in [0.5, 0.6) is 5.75 Å². The van der Waals surface area contributed by atoms with Crippen LogP contribution in [0.3, 0.4) is 0 Å². The fraction of sp³-hybridized carbons (Fsp3) is 0.286. The van der Waals surface area contributed by atoms with Gasteiger partial charge in [0, 0.05) is 5.56 Å². The van der Waals surface area contributed by atoms with Gasteiger partial charge in [-0.1, -0.05) is 12.2 Å². The van der Waals surface area contributed by atoms with Gasteiger partial charge in [0.05, 0.1) is 33.3 Å². The second kappa shape index (κ2) is 7.20. The van der Waals surface area contributed by atoms with Crippen LogP contribution in [-0.4, -0.2) is 33.3 Å². The van der Waals surface area contributed by atoms with E-state index in [0.29, 0.717) is 16.9 Å². The van der Waals surface area contributed by atoms with Crippen LogP contribution in [-0.2, 0) is 14.3 Å². The van der Waals surface area contributed by atoms with Crippen molar-refractivity contribution in [2.75, 3.05) is 21.3 Å². The van der Waals surface area contributed by atoms with Crippen LogP contribution in [0.15, 0.2) is 24.3 Å². The summed E-state index contributed by atoms with van der Waals surface area (Å²) in [6.07, 6.45) is 3.50. The first-order chi connectivity index (χ1) is 9.12. The molecule has 0 saturated carbocycles. The summed E-state index contributed by atoms with van der Waals surface area (Å²) in [4.78, 5) is 22.4. The molecule has 1 rings (SSSR count). The van der Waals surface area contributed by atoms with Crippen molar-refractivity contribution >= 4 is 18.0 Å². The largest absolute Gasteiger partial charge is 0.496 e. The van der Waals surface area contributed by atoms with E-state index in [0.717, 1.165) is 0 Å². The number of ether oxygens (including phenoxy) is 3. The smallest absolute Gasteiger partial charge is 0.337 e. The maximum atomic E-state index is 11.4. The second-order valence-electron chi connectivity index (χ2n) is 3.63. The van der Waals surface area contributed by atoms with Crippen LogP contribution in [0.4, 0.5) is 0 Å². The Morgan fingerprint density at radius 1 is 1.16 bits per heavy atom. The van der Waals surface area contributed by atoms with Crippen LogP contribution in [0.1, 0.15) is 22.3 Å². The minimum absolute atomic E-state index is 0.155. The number of benzene rings is 1. The normalized spacial score (nSPS) is 10.3. The molecule has 5 heteroatoms. The van der Waals surface area contributed by atoms with Crippen molar-refractivity contribution in [3.8, 4) is 5.75 Å². The molecule has 1 aromatic rings. The minimum Gasteiger partial charge on any atom is -0.496 e. The SMILES string of the molecule is COC(=O)CC=Cc1cc(C(=O)OC)ccc1OC. The molecular formula is C14H16O5. The predicted octanol–water partition coefficient (Wildman–Crippen LogP) is 2.06. The average molecular weight is 264 g/mol. The zero-order valence-corrected chi connectivity index (χ0v) is 11.1. The van der Waals surface area contributed by atoms with Gasteiger partial charge in [-0.2, -0.15) is 0 Å². The first-order valence-corrected chi connectivity index (χ1v) is 5.62. The highest BCUT2D eigenvalue weighted by Gasteiger charge is 2.08. The number of carbonyl (C=O) groups excluding carboxylic acids is 2. The van der Waals surface area contributed by atoms with Gasteiger partial charge in [0.25, 0.3) is 0 Å². The van der Waals surface area contributed by atoms with Crippen LogP contribution < -0.4 is 4.74 Å². The summed E-state index contributed by atoms with van der Waals surface area (Å²) < 4.78 is 14.4. The van der Waals surface area contributed by atoms with Crippen molar-refractivity contribution in [3.05, 3.63) is 35.4 Å². The lowest BCUT2D eigenvalue weighted by Crippen LogP contribution is -2.02. The molecule has 0 aromatic heterocycles. The maximum Gasteiger partial charge on any atom is 0.337 e. The van der Waals surface area contributed by atoms with Gasteiger partial charge in [-0.25, -0.2) is 4.79 Å². The Balaban J connectivity index is 2.96. The fourth-order valence-electron chi connectivity index (χ4n) is 1.47. The van der Waals surface area contributed by atoms with Crippen LogP contribution in [0.25, 0.3) is 6.08 Å². The molecule has 0 radical (unpaired) electrons. The first-order valence-electron chi connectivity index (χ1n) is 5.62. The lowest BCUT2D eigenvalue weighted by atomic mass is 10.1. The summed E-state index contributed by atoms with van der Waals surface area (Å²) in [5.41, 5.74) is 1.11. The van der Waals surface area contributed by atoms with Gasteiger partial charge < -0.3 is 14.2 Å². The molecule has 0 fully saturated rings. The average Bonchev–Trinajstić information content (AvgIpc) is 2.45. The Morgan fingerprint density at radius 3 is 2.47 bits per heavy atom. The van der Waals surface area contributed by atoms with E-state index in [2.05, 4.69) is 9.47 Å². The van der Waals surface area contributed by atoms with Crippen molar-refractivity contribution in [1.29, 1.82) is 0 Å². The summed E-state index contributed by atoms with van der Waals surface area (Å²) in [7, 11) is 4.18. The first kappa shape index (κ1) is 14.8. The number of esters is 2. The molecule has 0 aliphatic carbocycles. The zero-order valence-electron chi connectivity index (χ0n) is 11.1. The molecule has 0 spiro atoms. The molecule has 19 heavy (non-hydrogen) atoms. The van der Waals surface area contributed by atoms with Gasteiger partial charge >= 0.3 is 11.9 Å². The van der Waals surface area contributed by atoms with Crippen molar-refractivity contribution in [2.24, 2.45) is 0 Å². The van der Waals surface area contributed by atoms with E-state index in [1.165, 1.54) is 21.3 Å². The molecule has 102 valence electrons. The van der Waals surface area contributed by atoms with Gasteiger partial charge in [0.1, 0.15) is 5.75 Å². The summed E-state index contributed by atoms with van der Waals surface area (Å²) in [6.45, 7) is 0. The Kier molecular flexibility index (Phi) is 5.60. The monoisotopic (exact) mass is 264 g/mol. The van der Waals surface area contributed by atoms with Crippen molar-refractivity contribution in [3.63, 3.8) is 0 Å². The third kappa shape index (κ3) is 4.13. The summed E-state index contributed by atoms with van der Waals surface area (Å²) in [5, 5.41) is 0. The molecule has 1 aromatic carbocycles. The minimum atomic E-state index is -0.426. The van der Waals surface area contributed by atoms with Gasteiger partial charge in [-0.15, -0.1) is 0 Å². The number of methoxy groups -OCH3 is 3. The molecular weight excluding hydrogens is 248 g/mol. The standard InChI is InChI=1S/C14H16O5/c1-17-12-8-7-11(14(16)19-3)9-10(12)5-4-6-13(15)18-2/h4-5,7-9H,6H2,1-3H3. The van der Waals surface area contributed by atoms with E-state index in [1.54, 1.807) is 30.4 Å². The summed E-state index contributed by atoms with van der Waals surface area (Å²) >= 11 is 0. The number of carbonyl (C=O) groups is 2. The summed E-state index contributed by atoms with van der Waals surface area (Å²) in [6, 6.07) is 4.92. The maximum absolute atomic E-state index is 11.4. The van der Waals surface area contributed by atoms with Crippen molar-refractivity contribution in [1.82, 2.24) is 0 Å². The third-order valence-electron chi connectivity index (χ3n) is 2.46. The number of rotatable bonds is 5. The van der Waals surface area contributed by atoms with E-state index >= 15 is 0 Å². The van der Waals surface area contributed by atoms with Gasteiger partial charge in [-0.05, 0) is 18.2 Å². The van der Waals surface area contributed by atoms with Gasteiger partial charge in [0.2, 0.25) is 0 Å². The molecule has 0 aliphatic rings. The molecule has 0 heterocycles. The molecule has 0 unspecified atom stereocenters. The Morgan fingerprint density at radius 2 is 1.89 bits per heavy atom. The van der Waals surface area contributed by atoms with Crippen molar-refractivity contribution in [2.45, 2.75) is 6.42 Å². The topological polar surface area (TPSA) is 61.8 Å². The zero-order chi connectivity index (χ0) is 14.3. The Bertz CT molecular complexity index is 491. The number of hydrogen-bond acceptors (Lipinski definition) is 5. The summed E-state index contributed by atoms with van der Waals surface area (Å²) in [5.74, 6) is -0.154. The number of hydrogen-bond donors (Lipinski definition) is 0.